The average Bonchev–Trinajstić information content (AvgIpc) is 2.38. The quantitative estimate of drug-likeness (QED) is 0.684. The number of piperidine rings is 1. The molecule has 0 aliphatic carbocycles. The van der Waals surface area contributed by atoms with Crippen molar-refractivity contribution >= 4 is 0 Å². The number of aliphatic hydroxyl groups excluding tert-OH is 1. The van der Waals surface area contributed by atoms with E-state index in [2.05, 4.69) is 24.1 Å². The van der Waals surface area contributed by atoms with Gasteiger partial charge in [0.15, 0.2) is 0 Å². The number of likely N-dealkylation sites (tertiary alicyclic amines) is 1. The molecule has 4 nitrogen and oxygen atoms in total. The van der Waals surface area contributed by atoms with Crippen LogP contribution in [0.2, 0.25) is 0 Å². The molecule has 0 aromatic rings. The van der Waals surface area contributed by atoms with E-state index in [1.54, 1.807) is 0 Å². The highest BCUT2D eigenvalue weighted by Gasteiger charge is 2.27. The summed E-state index contributed by atoms with van der Waals surface area (Å²) in [7, 11) is 1.81. The molecule has 0 saturated carbocycles. The molecular weight excluding hydrogens is 228 g/mol. The second-order valence-electron chi connectivity index (χ2n) is 5.46. The van der Waals surface area contributed by atoms with Crippen molar-refractivity contribution in [2.45, 2.75) is 45.3 Å². The summed E-state index contributed by atoms with van der Waals surface area (Å²) in [5, 5.41) is 12.6. The number of hydrogen-bond acceptors (Lipinski definition) is 4. The van der Waals surface area contributed by atoms with E-state index in [0.717, 1.165) is 39.0 Å². The minimum Gasteiger partial charge on any atom is -0.396 e. The average molecular weight is 258 g/mol. The highest BCUT2D eigenvalue weighted by molar-refractivity contribution is 4.81. The number of ether oxygens (including phenoxy) is 1. The second kappa shape index (κ2) is 8.86. The van der Waals surface area contributed by atoms with Gasteiger partial charge in [-0.2, -0.15) is 0 Å². The SMILES string of the molecule is CCCNC(CCO)CN1CCC(C)C(OC)C1. The van der Waals surface area contributed by atoms with Crippen molar-refractivity contribution in [1.29, 1.82) is 0 Å². The molecule has 0 bridgehead atoms. The minimum atomic E-state index is 0.263. The van der Waals surface area contributed by atoms with Crippen LogP contribution >= 0.6 is 0 Å². The van der Waals surface area contributed by atoms with Gasteiger partial charge in [-0.1, -0.05) is 13.8 Å². The fourth-order valence-electron chi connectivity index (χ4n) is 2.64. The Labute approximate surface area is 112 Å². The van der Waals surface area contributed by atoms with E-state index in [9.17, 15) is 0 Å². The van der Waals surface area contributed by atoms with Crippen LogP contribution < -0.4 is 5.32 Å². The summed E-state index contributed by atoms with van der Waals surface area (Å²) < 4.78 is 5.54. The summed E-state index contributed by atoms with van der Waals surface area (Å²) in [6.45, 7) is 8.93. The van der Waals surface area contributed by atoms with Gasteiger partial charge >= 0.3 is 0 Å². The van der Waals surface area contributed by atoms with Crippen LogP contribution in [0.1, 0.15) is 33.1 Å². The Morgan fingerprint density at radius 3 is 2.89 bits per heavy atom. The zero-order chi connectivity index (χ0) is 13.4. The van der Waals surface area contributed by atoms with Crippen LogP contribution in [0.5, 0.6) is 0 Å². The predicted molar refractivity (Wildman–Crippen MR) is 74.8 cm³/mol. The maximum absolute atomic E-state index is 9.12. The minimum absolute atomic E-state index is 0.263. The third kappa shape index (κ3) is 5.22. The third-order valence-corrected chi connectivity index (χ3v) is 3.92. The molecule has 18 heavy (non-hydrogen) atoms. The smallest absolute Gasteiger partial charge is 0.0724 e. The van der Waals surface area contributed by atoms with Gasteiger partial charge in [0, 0.05) is 32.8 Å². The normalized spacial score (nSPS) is 27.3. The second-order valence-corrected chi connectivity index (χ2v) is 5.46. The van der Waals surface area contributed by atoms with Gasteiger partial charge in [-0.25, -0.2) is 0 Å². The van der Waals surface area contributed by atoms with Gasteiger partial charge in [-0.3, -0.25) is 4.90 Å². The van der Waals surface area contributed by atoms with E-state index >= 15 is 0 Å². The van der Waals surface area contributed by atoms with Gasteiger partial charge in [0.25, 0.3) is 0 Å². The molecule has 3 atom stereocenters. The maximum Gasteiger partial charge on any atom is 0.0724 e. The zero-order valence-corrected chi connectivity index (χ0v) is 12.2. The van der Waals surface area contributed by atoms with Crippen molar-refractivity contribution in [2.75, 3.05) is 39.9 Å². The van der Waals surface area contributed by atoms with Gasteiger partial charge in [-0.15, -0.1) is 0 Å². The largest absolute Gasteiger partial charge is 0.396 e. The lowest BCUT2D eigenvalue weighted by Crippen LogP contribution is -2.49. The topological polar surface area (TPSA) is 44.7 Å². The Kier molecular flexibility index (Phi) is 7.82. The molecule has 4 heteroatoms. The van der Waals surface area contributed by atoms with E-state index in [1.165, 1.54) is 6.42 Å². The van der Waals surface area contributed by atoms with E-state index in [-0.39, 0.29) is 6.61 Å². The number of aliphatic hydroxyl groups is 1. The molecule has 0 radical (unpaired) electrons. The molecule has 3 unspecified atom stereocenters. The van der Waals surface area contributed by atoms with Crippen LogP contribution in [0.4, 0.5) is 0 Å². The molecule has 1 saturated heterocycles. The zero-order valence-electron chi connectivity index (χ0n) is 12.2. The van der Waals surface area contributed by atoms with E-state index in [1.807, 2.05) is 7.11 Å². The summed E-state index contributed by atoms with van der Waals surface area (Å²) in [6.07, 6.45) is 3.54. The van der Waals surface area contributed by atoms with Crippen LogP contribution in [-0.4, -0.2) is 62.0 Å². The molecule has 1 aliphatic heterocycles. The fourth-order valence-corrected chi connectivity index (χ4v) is 2.64. The van der Waals surface area contributed by atoms with Gasteiger partial charge in [0.2, 0.25) is 0 Å². The van der Waals surface area contributed by atoms with Crippen molar-refractivity contribution < 1.29 is 9.84 Å². The Hall–Kier alpha value is -0.160. The van der Waals surface area contributed by atoms with Crippen LogP contribution in [0.3, 0.4) is 0 Å². The van der Waals surface area contributed by atoms with Crippen LogP contribution in [0.25, 0.3) is 0 Å². The van der Waals surface area contributed by atoms with Crippen molar-refractivity contribution in [3.8, 4) is 0 Å². The van der Waals surface area contributed by atoms with Crippen LogP contribution in [0, 0.1) is 5.92 Å². The molecule has 1 rings (SSSR count). The van der Waals surface area contributed by atoms with Crippen molar-refractivity contribution in [1.82, 2.24) is 10.2 Å². The summed E-state index contributed by atoms with van der Waals surface area (Å²) in [4.78, 5) is 2.47. The molecule has 108 valence electrons. The predicted octanol–water partition coefficient (Wildman–Crippen LogP) is 1.09. The first kappa shape index (κ1) is 15.9. The summed E-state index contributed by atoms with van der Waals surface area (Å²) in [6, 6.07) is 0.404. The van der Waals surface area contributed by atoms with Gasteiger partial charge < -0.3 is 15.2 Å². The van der Waals surface area contributed by atoms with Crippen molar-refractivity contribution in [3.05, 3.63) is 0 Å². The molecule has 2 N–H and O–H groups in total. The lowest BCUT2D eigenvalue weighted by atomic mass is 9.95. The maximum atomic E-state index is 9.12. The lowest BCUT2D eigenvalue weighted by Gasteiger charge is -2.38. The summed E-state index contributed by atoms with van der Waals surface area (Å²) >= 11 is 0. The number of rotatable bonds is 8. The first-order valence-corrected chi connectivity index (χ1v) is 7.30. The number of hydrogen-bond donors (Lipinski definition) is 2. The van der Waals surface area contributed by atoms with Gasteiger partial charge in [0.05, 0.1) is 6.10 Å². The Bertz CT molecular complexity index is 214. The first-order chi connectivity index (χ1) is 8.71. The molecule has 0 spiro atoms. The number of nitrogens with zero attached hydrogens (tertiary/aromatic N) is 1. The summed E-state index contributed by atoms with van der Waals surface area (Å²) in [5.74, 6) is 0.658. The highest BCUT2D eigenvalue weighted by Crippen LogP contribution is 2.19. The molecule has 1 fully saturated rings. The van der Waals surface area contributed by atoms with E-state index in [4.69, 9.17) is 9.84 Å². The summed E-state index contributed by atoms with van der Waals surface area (Å²) in [5.41, 5.74) is 0. The first-order valence-electron chi connectivity index (χ1n) is 7.30. The molecule has 0 amide bonds. The number of methoxy groups -OCH3 is 1. The van der Waals surface area contributed by atoms with Crippen LogP contribution in [0.15, 0.2) is 0 Å². The van der Waals surface area contributed by atoms with Gasteiger partial charge in [0.1, 0.15) is 0 Å². The van der Waals surface area contributed by atoms with E-state index < -0.39 is 0 Å². The Morgan fingerprint density at radius 2 is 2.28 bits per heavy atom. The van der Waals surface area contributed by atoms with Crippen LogP contribution in [-0.2, 0) is 4.74 Å². The monoisotopic (exact) mass is 258 g/mol. The molecule has 1 aliphatic rings. The third-order valence-electron chi connectivity index (χ3n) is 3.92. The molecule has 0 aromatic carbocycles. The van der Waals surface area contributed by atoms with Crippen molar-refractivity contribution in [3.63, 3.8) is 0 Å². The molecule has 1 heterocycles. The Morgan fingerprint density at radius 1 is 1.50 bits per heavy atom. The standard InChI is InChI=1S/C14H30N2O2/c1-4-7-15-13(6-9-17)10-16-8-5-12(2)14(11-16)18-3/h12-15,17H,4-11H2,1-3H3. The molecular formula is C14H30N2O2. The Balaban J connectivity index is 2.38. The van der Waals surface area contributed by atoms with Crippen molar-refractivity contribution in [2.24, 2.45) is 5.92 Å². The van der Waals surface area contributed by atoms with E-state index in [0.29, 0.717) is 18.1 Å². The fraction of sp³-hybridized carbons (Fsp3) is 1.00. The lowest BCUT2D eigenvalue weighted by molar-refractivity contribution is -0.00804. The highest BCUT2D eigenvalue weighted by atomic mass is 16.5. The number of nitrogens with one attached hydrogen (secondary N) is 1. The molecule has 0 aromatic heterocycles. The van der Waals surface area contributed by atoms with Gasteiger partial charge in [-0.05, 0) is 38.3 Å².